The van der Waals surface area contributed by atoms with Crippen molar-refractivity contribution < 1.29 is 4.74 Å². The first kappa shape index (κ1) is 20.5. The highest BCUT2D eigenvalue weighted by molar-refractivity contribution is 5.79. The molecule has 3 aromatic rings. The molecule has 0 radical (unpaired) electrons. The summed E-state index contributed by atoms with van der Waals surface area (Å²) in [4.78, 5) is 4.27. The Morgan fingerprint density at radius 2 is 1.79 bits per heavy atom. The minimum Gasteiger partial charge on any atom is -0.374 e. The third-order valence-electron chi connectivity index (χ3n) is 4.54. The van der Waals surface area contributed by atoms with Gasteiger partial charge in [0.05, 0.1) is 12.6 Å². The largest absolute Gasteiger partial charge is 0.374 e. The van der Waals surface area contributed by atoms with Crippen LogP contribution in [0.3, 0.4) is 0 Å². The zero-order valence-corrected chi connectivity index (χ0v) is 17.0. The van der Waals surface area contributed by atoms with Crippen LogP contribution in [0.15, 0.2) is 72.0 Å². The Labute approximate surface area is 171 Å². The third kappa shape index (κ3) is 6.15. The molecule has 0 spiro atoms. The van der Waals surface area contributed by atoms with Crippen molar-refractivity contribution in [2.45, 2.75) is 26.0 Å². The van der Waals surface area contributed by atoms with Crippen molar-refractivity contribution in [1.29, 1.82) is 0 Å². The fourth-order valence-electron chi connectivity index (χ4n) is 2.93. The number of nitrogens with one attached hydrogen (secondary N) is 2. The fourth-order valence-corrected chi connectivity index (χ4v) is 2.93. The van der Waals surface area contributed by atoms with E-state index in [1.165, 1.54) is 5.56 Å². The molecule has 1 unspecified atom stereocenters. The average Bonchev–Trinajstić information content (AvgIpc) is 3.25. The van der Waals surface area contributed by atoms with Crippen LogP contribution < -0.4 is 10.6 Å². The Kier molecular flexibility index (Phi) is 7.77. The maximum absolute atomic E-state index is 5.91. The predicted octanol–water partition coefficient (Wildman–Crippen LogP) is 3.10. The minimum absolute atomic E-state index is 0.0954. The normalized spacial score (nSPS) is 12.6. The van der Waals surface area contributed by atoms with Gasteiger partial charge in [-0.3, -0.25) is 9.56 Å². The smallest absolute Gasteiger partial charge is 0.191 e. The van der Waals surface area contributed by atoms with Crippen LogP contribution in [0.4, 0.5) is 0 Å². The van der Waals surface area contributed by atoms with Crippen LogP contribution >= 0.6 is 0 Å². The summed E-state index contributed by atoms with van der Waals surface area (Å²) in [5, 5.41) is 14.8. The van der Waals surface area contributed by atoms with Gasteiger partial charge in [0.25, 0.3) is 0 Å². The second kappa shape index (κ2) is 11.0. The summed E-state index contributed by atoms with van der Waals surface area (Å²) < 4.78 is 7.86. The second-order valence-corrected chi connectivity index (χ2v) is 6.58. The number of hydrogen-bond donors (Lipinski definition) is 2. The molecule has 0 bridgehead atoms. The lowest BCUT2D eigenvalue weighted by molar-refractivity contribution is 0.0646. The zero-order valence-electron chi connectivity index (χ0n) is 17.0. The van der Waals surface area contributed by atoms with Gasteiger partial charge in [0.2, 0.25) is 0 Å². The Morgan fingerprint density at radius 1 is 1.07 bits per heavy atom. The van der Waals surface area contributed by atoms with Crippen molar-refractivity contribution in [3.63, 3.8) is 0 Å². The van der Waals surface area contributed by atoms with Crippen molar-refractivity contribution >= 4 is 5.96 Å². The summed E-state index contributed by atoms with van der Waals surface area (Å²) in [6.45, 7) is 4.05. The van der Waals surface area contributed by atoms with Gasteiger partial charge < -0.3 is 15.4 Å². The van der Waals surface area contributed by atoms with Gasteiger partial charge in [-0.2, -0.15) is 0 Å². The molecule has 0 aliphatic rings. The molecule has 29 heavy (non-hydrogen) atoms. The monoisotopic (exact) mass is 392 g/mol. The van der Waals surface area contributed by atoms with E-state index in [1.807, 2.05) is 53.1 Å². The highest BCUT2D eigenvalue weighted by Crippen LogP contribution is 2.15. The van der Waals surface area contributed by atoms with Crippen molar-refractivity contribution in [3.05, 3.63) is 78.4 Å². The van der Waals surface area contributed by atoms with Crippen LogP contribution in [-0.4, -0.2) is 40.9 Å². The topological polar surface area (TPSA) is 76.4 Å². The maximum atomic E-state index is 5.91. The van der Waals surface area contributed by atoms with E-state index >= 15 is 0 Å². The van der Waals surface area contributed by atoms with E-state index in [1.54, 1.807) is 13.4 Å². The van der Waals surface area contributed by atoms with Gasteiger partial charge in [0.1, 0.15) is 6.33 Å². The standard InChI is InChI=1S/C22H28N6O/c1-18(19-10-5-3-6-11-19)29-15-9-14-24-22(23-2)25-16-21-27-26-17-28(21)20-12-7-4-8-13-20/h3-8,10-13,17-18H,9,14-16H2,1-2H3,(H2,23,24,25). The van der Waals surface area contributed by atoms with E-state index in [2.05, 4.69) is 44.9 Å². The zero-order chi connectivity index (χ0) is 20.3. The lowest BCUT2D eigenvalue weighted by atomic mass is 10.1. The third-order valence-corrected chi connectivity index (χ3v) is 4.54. The van der Waals surface area contributed by atoms with Crippen LogP contribution in [-0.2, 0) is 11.3 Å². The van der Waals surface area contributed by atoms with E-state index in [0.29, 0.717) is 13.2 Å². The molecule has 0 aliphatic carbocycles. The molecule has 0 aliphatic heterocycles. The number of nitrogens with zero attached hydrogens (tertiary/aromatic N) is 4. The number of benzene rings is 2. The van der Waals surface area contributed by atoms with E-state index in [0.717, 1.165) is 30.4 Å². The van der Waals surface area contributed by atoms with E-state index in [9.17, 15) is 0 Å². The SMILES string of the molecule is CN=C(NCCCOC(C)c1ccccc1)NCc1nncn1-c1ccccc1. The molecule has 0 saturated carbocycles. The highest BCUT2D eigenvalue weighted by Gasteiger charge is 2.07. The molecule has 0 fully saturated rings. The molecule has 7 heteroatoms. The lowest BCUT2D eigenvalue weighted by Gasteiger charge is -2.15. The summed E-state index contributed by atoms with van der Waals surface area (Å²) in [6, 6.07) is 20.3. The van der Waals surface area contributed by atoms with Crippen molar-refractivity contribution in [3.8, 4) is 5.69 Å². The average molecular weight is 393 g/mol. The number of ether oxygens (including phenoxy) is 1. The molecular formula is C22H28N6O. The first-order valence-corrected chi connectivity index (χ1v) is 9.83. The molecule has 0 amide bonds. The van der Waals surface area contributed by atoms with Crippen molar-refractivity contribution in [1.82, 2.24) is 25.4 Å². The molecule has 7 nitrogen and oxygen atoms in total. The molecule has 2 N–H and O–H groups in total. The Bertz CT molecular complexity index is 879. The maximum Gasteiger partial charge on any atom is 0.191 e. The second-order valence-electron chi connectivity index (χ2n) is 6.58. The van der Waals surface area contributed by atoms with E-state index < -0.39 is 0 Å². The molecule has 1 aromatic heterocycles. The number of hydrogen-bond acceptors (Lipinski definition) is 4. The summed E-state index contributed by atoms with van der Waals surface area (Å²) in [7, 11) is 1.76. The lowest BCUT2D eigenvalue weighted by Crippen LogP contribution is -2.38. The fraction of sp³-hybridized carbons (Fsp3) is 0.318. The number of guanidine groups is 1. The van der Waals surface area contributed by atoms with Crippen LogP contribution in [0, 0.1) is 0 Å². The summed E-state index contributed by atoms with van der Waals surface area (Å²) >= 11 is 0. The predicted molar refractivity (Wildman–Crippen MR) is 115 cm³/mol. The molecule has 1 atom stereocenters. The molecule has 0 saturated heterocycles. The molecule has 3 rings (SSSR count). The summed E-state index contributed by atoms with van der Waals surface area (Å²) in [5.74, 6) is 1.54. The Hall–Kier alpha value is -3.19. The Balaban J connectivity index is 1.39. The number of para-hydroxylation sites is 1. The number of aromatic nitrogens is 3. The van der Waals surface area contributed by atoms with Crippen LogP contribution in [0.5, 0.6) is 0 Å². The molecule has 2 aromatic carbocycles. The van der Waals surface area contributed by atoms with Crippen LogP contribution in [0.2, 0.25) is 0 Å². The van der Waals surface area contributed by atoms with Gasteiger partial charge >= 0.3 is 0 Å². The van der Waals surface area contributed by atoms with E-state index in [4.69, 9.17) is 4.74 Å². The van der Waals surface area contributed by atoms with Gasteiger partial charge in [-0.25, -0.2) is 0 Å². The first-order valence-electron chi connectivity index (χ1n) is 9.83. The summed E-state index contributed by atoms with van der Waals surface area (Å²) in [5.41, 5.74) is 2.22. The first-order chi connectivity index (χ1) is 14.3. The van der Waals surface area contributed by atoms with Crippen LogP contribution in [0.25, 0.3) is 5.69 Å². The van der Waals surface area contributed by atoms with Crippen molar-refractivity contribution in [2.75, 3.05) is 20.2 Å². The Morgan fingerprint density at radius 3 is 2.52 bits per heavy atom. The molecule has 1 heterocycles. The molecular weight excluding hydrogens is 364 g/mol. The summed E-state index contributed by atoms with van der Waals surface area (Å²) in [6.07, 6.45) is 2.70. The highest BCUT2D eigenvalue weighted by atomic mass is 16.5. The van der Waals surface area contributed by atoms with E-state index in [-0.39, 0.29) is 6.10 Å². The minimum atomic E-state index is 0.0954. The number of aliphatic imine (C=N–C) groups is 1. The van der Waals surface area contributed by atoms with Crippen LogP contribution in [0.1, 0.15) is 30.8 Å². The van der Waals surface area contributed by atoms with Gasteiger partial charge in [0.15, 0.2) is 11.8 Å². The van der Waals surface area contributed by atoms with Gasteiger partial charge in [-0.15, -0.1) is 10.2 Å². The van der Waals surface area contributed by atoms with Gasteiger partial charge in [-0.1, -0.05) is 48.5 Å². The molecule has 152 valence electrons. The van der Waals surface area contributed by atoms with Gasteiger partial charge in [0, 0.05) is 25.9 Å². The van der Waals surface area contributed by atoms with Gasteiger partial charge in [-0.05, 0) is 31.0 Å². The van der Waals surface area contributed by atoms with Crippen molar-refractivity contribution in [2.24, 2.45) is 4.99 Å². The quantitative estimate of drug-likeness (QED) is 0.332. The number of rotatable bonds is 9.